The molecule has 0 spiro atoms. The van der Waals surface area contributed by atoms with Crippen molar-refractivity contribution < 1.29 is 4.74 Å². The first-order chi connectivity index (χ1) is 7.22. The Morgan fingerprint density at radius 1 is 1.33 bits per heavy atom. The van der Waals surface area contributed by atoms with Crippen molar-refractivity contribution in [2.75, 3.05) is 19.8 Å². The van der Waals surface area contributed by atoms with Crippen LogP contribution in [0.25, 0.3) is 0 Å². The molecule has 0 aromatic heterocycles. The third kappa shape index (κ3) is 5.79. The van der Waals surface area contributed by atoms with Crippen molar-refractivity contribution >= 4 is 11.8 Å². The molecule has 1 saturated heterocycles. The van der Waals surface area contributed by atoms with E-state index in [1.807, 2.05) is 0 Å². The molecule has 0 amide bonds. The first kappa shape index (κ1) is 13.3. The largest absolute Gasteiger partial charge is 0.381 e. The van der Waals surface area contributed by atoms with E-state index in [1.54, 1.807) is 0 Å². The second kappa shape index (κ2) is 7.53. The monoisotopic (exact) mass is 231 g/mol. The van der Waals surface area contributed by atoms with Gasteiger partial charge in [0.15, 0.2) is 0 Å². The van der Waals surface area contributed by atoms with E-state index >= 15 is 0 Å². The second-order valence-corrected chi connectivity index (χ2v) is 6.20. The van der Waals surface area contributed by atoms with Crippen LogP contribution in [0.4, 0.5) is 0 Å². The lowest BCUT2D eigenvalue weighted by molar-refractivity contribution is 0.0999. The summed E-state index contributed by atoms with van der Waals surface area (Å²) in [5.74, 6) is 0. The number of nitrogens with one attached hydrogen (secondary N) is 1. The number of ether oxygens (including phenoxy) is 1. The zero-order chi connectivity index (χ0) is 11.1. The lowest BCUT2D eigenvalue weighted by atomic mass is 10.2. The third-order valence-corrected chi connectivity index (χ3v) is 4.34. The lowest BCUT2D eigenvalue weighted by Gasteiger charge is -2.26. The Bertz CT molecular complexity index is 160. The number of rotatable bonds is 6. The van der Waals surface area contributed by atoms with E-state index in [9.17, 15) is 0 Å². The quantitative estimate of drug-likeness (QED) is 0.759. The van der Waals surface area contributed by atoms with Crippen molar-refractivity contribution in [2.24, 2.45) is 0 Å². The summed E-state index contributed by atoms with van der Waals surface area (Å²) in [5.41, 5.74) is 0. The van der Waals surface area contributed by atoms with Crippen LogP contribution in [0.15, 0.2) is 0 Å². The lowest BCUT2D eigenvalue weighted by Crippen LogP contribution is -2.29. The van der Waals surface area contributed by atoms with E-state index in [-0.39, 0.29) is 0 Å². The highest BCUT2D eigenvalue weighted by Gasteiger charge is 2.18. The minimum Gasteiger partial charge on any atom is -0.381 e. The van der Waals surface area contributed by atoms with Crippen molar-refractivity contribution in [1.29, 1.82) is 0 Å². The molecule has 90 valence electrons. The number of thioether (sulfide) groups is 1. The van der Waals surface area contributed by atoms with Gasteiger partial charge in [-0.25, -0.2) is 0 Å². The Labute approximate surface area is 98.5 Å². The SMILES string of the molecule is CCNC(C)CC(C)SC1CCOCC1. The molecule has 15 heavy (non-hydrogen) atoms. The zero-order valence-electron chi connectivity index (χ0n) is 10.3. The van der Waals surface area contributed by atoms with Gasteiger partial charge in [-0.1, -0.05) is 13.8 Å². The van der Waals surface area contributed by atoms with Crippen molar-refractivity contribution in [3.63, 3.8) is 0 Å². The first-order valence-electron chi connectivity index (χ1n) is 6.19. The van der Waals surface area contributed by atoms with Crippen LogP contribution in [0.3, 0.4) is 0 Å². The molecule has 1 N–H and O–H groups in total. The van der Waals surface area contributed by atoms with Gasteiger partial charge in [-0.3, -0.25) is 0 Å². The van der Waals surface area contributed by atoms with Crippen molar-refractivity contribution in [1.82, 2.24) is 5.32 Å². The molecule has 0 radical (unpaired) electrons. The topological polar surface area (TPSA) is 21.3 Å². The van der Waals surface area contributed by atoms with Gasteiger partial charge in [0.2, 0.25) is 0 Å². The van der Waals surface area contributed by atoms with Crippen LogP contribution in [-0.2, 0) is 4.74 Å². The molecule has 0 aromatic rings. The fourth-order valence-electron chi connectivity index (χ4n) is 2.13. The Morgan fingerprint density at radius 2 is 2.00 bits per heavy atom. The van der Waals surface area contributed by atoms with Gasteiger partial charge in [-0.15, -0.1) is 0 Å². The molecule has 2 atom stereocenters. The predicted molar refractivity (Wildman–Crippen MR) is 68.6 cm³/mol. The maximum atomic E-state index is 5.38. The van der Waals surface area contributed by atoms with Crippen molar-refractivity contribution in [3.05, 3.63) is 0 Å². The molecule has 1 aliphatic rings. The van der Waals surface area contributed by atoms with Gasteiger partial charge in [0.25, 0.3) is 0 Å². The minimum atomic E-state index is 0.650. The van der Waals surface area contributed by atoms with Gasteiger partial charge in [0.1, 0.15) is 0 Å². The summed E-state index contributed by atoms with van der Waals surface area (Å²) in [7, 11) is 0. The van der Waals surface area contributed by atoms with Crippen LogP contribution in [-0.4, -0.2) is 36.3 Å². The summed E-state index contributed by atoms with van der Waals surface area (Å²) < 4.78 is 5.38. The second-order valence-electron chi connectivity index (χ2n) is 4.45. The van der Waals surface area contributed by atoms with Gasteiger partial charge in [0.05, 0.1) is 0 Å². The van der Waals surface area contributed by atoms with E-state index in [1.165, 1.54) is 19.3 Å². The first-order valence-corrected chi connectivity index (χ1v) is 7.13. The van der Waals surface area contributed by atoms with E-state index in [0.717, 1.165) is 30.3 Å². The van der Waals surface area contributed by atoms with Crippen LogP contribution in [0, 0.1) is 0 Å². The molecule has 1 heterocycles. The summed E-state index contributed by atoms with van der Waals surface area (Å²) in [6.45, 7) is 9.82. The zero-order valence-corrected chi connectivity index (χ0v) is 11.1. The van der Waals surface area contributed by atoms with E-state index in [2.05, 4.69) is 37.8 Å². The summed E-state index contributed by atoms with van der Waals surface area (Å²) in [5, 5.41) is 5.08. The fraction of sp³-hybridized carbons (Fsp3) is 1.00. The molecule has 2 unspecified atom stereocenters. The molecular formula is C12H25NOS. The van der Waals surface area contributed by atoms with Crippen LogP contribution in [0.5, 0.6) is 0 Å². The summed E-state index contributed by atoms with van der Waals surface area (Å²) in [4.78, 5) is 0. The molecular weight excluding hydrogens is 206 g/mol. The average Bonchev–Trinajstić information content (AvgIpc) is 2.19. The fourth-order valence-corrected chi connectivity index (χ4v) is 3.65. The highest BCUT2D eigenvalue weighted by molar-refractivity contribution is 8.00. The van der Waals surface area contributed by atoms with Gasteiger partial charge >= 0.3 is 0 Å². The van der Waals surface area contributed by atoms with Gasteiger partial charge in [-0.05, 0) is 32.7 Å². The van der Waals surface area contributed by atoms with Gasteiger partial charge in [0, 0.05) is 29.8 Å². The number of hydrogen-bond acceptors (Lipinski definition) is 3. The van der Waals surface area contributed by atoms with E-state index in [0.29, 0.717) is 6.04 Å². The minimum absolute atomic E-state index is 0.650. The third-order valence-electron chi connectivity index (χ3n) is 2.83. The van der Waals surface area contributed by atoms with Gasteiger partial charge in [-0.2, -0.15) is 11.8 Å². The Hall–Kier alpha value is 0.270. The molecule has 1 rings (SSSR count). The molecule has 3 heteroatoms. The molecule has 0 bridgehead atoms. The predicted octanol–water partition coefficient (Wildman–Crippen LogP) is 2.68. The molecule has 2 nitrogen and oxygen atoms in total. The molecule has 0 aromatic carbocycles. The summed E-state index contributed by atoms with van der Waals surface area (Å²) >= 11 is 2.15. The molecule has 1 fully saturated rings. The van der Waals surface area contributed by atoms with Gasteiger partial charge < -0.3 is 10.1 Å². The highest BCUT2D eigenvalue weighted by Crippen LogP contribution is 2.28. The van der Waals surface area contributed by atoms with Crippen LogP contribution in [0.2, 0.25) is 0 Å². The number of hydrogen-bond donors (Lipinski definition) is 1. The van der Waals surface area contributed by atoms with E-state index < -0.39 is 0 Å². The molecule has 1 aliphatic heterocycles. The molecule has 0 aliphatic carbocycles. The Kier molecular flexibility index (Phi) is 6.69. The Morgan fingerprint density at radius 3 is 2.60 bits per heavy atom. The van der Waals surface area contributed by atoms with Crippen molar-refractivity contribution in [2.45, 2.75) is 56.6 Å². The Balaban J connectivity index is 2.13. The van der Waals surface area contributed by atoms with E-state index in [4.69, 9.17) is 4.74 Å². The van der Waals surface area contributed by atoms with Crippen LogP contribution >= 0.6 is 11.8 Å². The van der Waals surface area contributed by atoms with Crippen molar-refractivity contribution in [3.8, 4) is 0 Å². The summed E-state index contributed by atoms with van der Waals surface area (Å²) in [6.07, 6.45) is 3.76. The molecule has 0 saturated carbocycles. The standard InChI is InChI=1S/C12H25NOS/c1-4-13-10(2)9-11(3)15-12-5-7-14-8-6-12/h10-13H,4-9H2,1-3H3. The highest BCUT2D eigenvalue weighted by atomic mass is 32.2. The smallest absolute Gasteiger partial charge is 0.0476 e. The maximum absolute atomic E-state index is 5.38. The summed E-state index contributed by atoms with van der Waals surface area (Å²) in [6, 6.07) is 0.650. The average molecular weight is 231 g/mol. The van der Waals surface area contributed by atoms with Crippen LogP contribution in [0.1, 0.15) is 40.0 Å². The normalized spacial score (nSPS) is 22.6. The van der Waals surface area contributed by atoms with Crippen LogP contribution < -0.4 is 5.32 Å². The maximum Gasteiger partial charge on any atom is 0.0476 e.